The molecule has 0 unspecified atom stereocenters. The van der Waals surface area contributed by atoms with Crippen molar-refractivity contribution in [2.45, 2.75) is 57.5 Å². The lowest BCUT2D eigenvalue weighted by molar-refractivity contribution is -0.676. The molecule has 0 saturated heterocycles. The van der Waals surface area contributed by atoms with E-state index in [0.717, 1.165) is 32.1 Å². The normalized spacial score (nSPS) is 16.6. The molecule has 0 spiro atoms. The third-order valence-electron chi connectivity index (χ3n) is 5.42. The summed E-state index contributed by atoms with van der Waals surface area (Å²) < 4.78 is 0. The van der Waals surface area contributed by atoms with Crippen LogP contribution in [0.4, 0.5) is 0 Å². The van der Waals surface area contributed by atoms with Crippen LogP contribution in [0.2, 0.25) is 0 Å². The summed E-state index contributed by atoms with van der Waals surface area (Å²) in [5.41, 5.74) is 1.90. The number of nitrogens with two attached hydrogens (primary N) is 1. The van der Waals surface area contributed by atoms with E-state index < -0.39 is 5.54 Å². The van der Waals surface area contributed by atoms with Crippen molar-refractivity contribution in [2.75, 3.05) is 6.54 Å². The van der Waals surface area contributed by atoms with Gasteiger partial charge in [0, 0.05) is 5.56 Å². The van der Waals surface area contributed by atoms with Crippen LogP contribution in [0.1, 0.15) is 61.6 Å². The molecule has 1 heterocycles. The van der Waals surface area contributed by atoms with Crippen LogP contribution >= 0.6 is 11.3 Å². The molecule has 1 aliphatic rings. The maximum absolute atomic E-state index is 12.6. The van der Waals surface area contributed by atoms with Gasteiger partial charge in [-0.3, -0.25) is 4.79 Å². The molecule has 1 aromatic heterocycles. The molecule has 4 nitrogen and oxygen atoms in total. The summed E-state index contributed by atoms with van der Waals surface area (Å²) in [4.78, 5) is 13.8. The second-order valence-corrected chi connectivity index (χ2v) is 9.20. The molecule has 5 heteroatoms. The van der Waals surface area contributed by atoms with Gasteiger partial charge in [-0.05, 0) is 55.0 Å². The van der Waals surface area contributed by atoms with Crippen LogP contribution < -0.4 is 10.6 Å². The van der Waals surface area contributed by atoms with E-state index in [1.807, 2.05) is 0 Å². The first-order valence-corrected chi connectivity index (χ1v) is 11.1. The van der Waals surface area contributed by atoms with Crippen LogP contribution in [0.3, 0.4) is 0 Å². The minimum absolute atomic E-state index is 0.0542. The van der Waals surface area contributed by atoms with Crippen LogP contribution in [-0.2, 0) is 11.2 Å². The summed E-state index contributed by atoms with van der Waals surface area (Å²) in [7, 11) is 0. The lowest BCUT2D eigenvalue weighted by atomic mass is 9.98. The third kappa shape index (κ3) is 5.21. The topological polar surface area (TPSA) is 69.5 Å². The lowest BCUT2D eigenvalue weighted by Gasteiger charge is -2.22. The van der Waals surface area contributed by atoms with Crippen molar-refractivity contribution in [3.8, 4) is 6.07 Å². The molecule has 1 aliphatic carbocycles. The number of nitrogens with one attached hydrogen (secondary N) is 1. The molecular weight excluding hydrogens is 366 g/mol. The molecule has 1 fully saturated rings. The quantitative estimate of drug-likeness (QED) is 0.716. The second kappa shape index (κ2) is 9.36. The zero-order valence-electron chi connectivity index (χ0n) is 16.8. The highest BCUT2D eigenvalue weighted by Crippen LogP contribution is 2.28. The van der Waals surface area contributed by atoms with Crippen molar-refractivity contribution in [3.63, 3.8) is 0 Å². The van der Waals surface area contributed by atoms with Crippen molar-refractivity contribution in [1.82, 2.24) is 5.32 Å². The van der Waals surface area contributed by atoms with E-state index in [-0.39, 0.29) is 11.9 Å². The van der Waals surface area contributed by atoms with Gasteiger partial charge >= 0.3 is 0 Å². The van der Waals surface area contributed by atoms with Gasteiger partial charge in [-0.2, -0.15) is 5.26 Å². The Hall–Kier alpha value is -2.16. The van der Waals surface area contributed by atoms with Gasteiger partial charge in [0.1, 0.15) is 11.6 Å². The summed E-state index contributed by atoms with van der Waals surface area (Å²) in [5, 5.41) is 16.6. The highest BCUT2D eigenvalue weighted by molar-refractivity contribution is 7.10. The maximum Gasteiger partial charge on any atom is 0.276 e. The van der Waals surface area contributed by atoms with Gasteiger partial charge < -0.3 is 10.6 Å². The van der Waals surface area contributed by atoms with Gasteiger partial charge in [-0.25, -0.2) is 0 Å². The van der Waals surface area contributed by atoms with E-state index in [1.54, 1.807) is 11.3 Å². The Morgan fingerprint density at radius 3 is 2.54 bits per heavy atom. The SMILES string of the molecule is CC(C)Cc1ccc([C@@H]([NH2+]CC(=O)NC2(C#N)CCCC2)c2cccs2)cc1. The molecular formula is C23H30N3OS+. The smallest absolute Gasteiger partial charge is 0.276 e. The number of carbonyl (C=O) groups excluding carboxylic acids is 1. The molecule has 1 atom stereocenters. The Balaban J connectivity index is 1.68. The zero-order chi connectivity index (χ0) is 20.0. The van der Waals surface area contributed by atoms with Gasteiger partial charge in [0.05, 0.1) is 10.9 Å². The molecule has 28 heavy (non-hydrogen) atoms. The molecule has 3 rings (SSSR count). The average molecular weight is 397 g/mol. The number of nitriles is 1. The Morgan fingerprint density at radius 2 is 1.96 bits per heavy atom. The number of hydrogen-bond acceptors (Lipinski definition) is 3. The van der Waals surface area contributed by atoms with E-state index in [9.17, 15) is 10.1 Å². The summed E-state index contributed by atoms with van der Waals surface area (Å²) in [6.45, 7) is 4.78. The Labute approximate surface area is 172 Å². The first kappa shape index (κ1) is 20.6. The largest absolute Gasteiger partial charge is 0.333 e. The summed E-state index contributed by atoms with van der Waals surface area (Å²) in [5.74, 6) is 0.582. The fraction of sp³-hybridized carbons (Fsp3) is 0.478. The number of thiophene rings is 1. The summed E-state index contributed by atoms with van der Waals surface area (Å²) in [6, 6.07) is 15.4. The molecule has 1 saturated carbocycles. The van der Waals surface area contributed by atoms with E-state index >= 15 is 0 Å². The standard InChI is InChI=1S/C23H29N3OS/c1-17(2)14-18-7-9-19(10-8-18)22(20-6-5-13-28-20)25-15-21(27)26-23(16-24)11-3-4-12-23/h5-10,13,17,22,25H,3-4,11-12,14-15H2,1-2H3,(H,26,27)/p+1/t22-/m1/s1. The highest BCUT2D eigenvalue weighted by Gasteiger charge is 2.35. The minimum Gasteiger partial charge on any atom is -0.333 e. The van der Waals surface area contributed by atoms with Gasteiger partial charge in [0.2, 0.25) is 0 Å². The van der Waals surface area contributed by atoms with E-state index in [1.165, 1.54) is 16.0 Å². The van der Waals surface area contributed by atoms with Crippen molar-refractivity contribution < 1.29 is 10.1 Å². The monoisotopic (exact) mass is 396 g/mol. The number of nitrogens with zero attached hydrogens (tertiary/aromatic N) is 1. The minimum atomic E-state index is -0.651. The van der Waals surface area contributed by atoms with Crippen molar-refractivity contribution in [1.29, 1.82) is 5.26 Å². The Bertz CT molecular complexity index is 799. The second-order valence-electron chi connectivity index (χ2n) is 8.22. The van der Waals surface area contributed by atoms with Crippen molar-refractivity contribution >= 4 is 17.2 Å². The number of rotatable bonds is 8. The average Bonchev–Trinajstić information content (AvgIpc) is 3.35. The Kier molecular flexibility index (Phi) is 6.88. The van der Waals surface area contributed by atoms with Gasteiger partial charge in [-0.1, -0.05) is 44.2 Å². The first-order valence-electron chi connectivity index (χ1n) is 10.2. The third-order valence-corrected chi connectivity index (χ3v) is 6.38. The molecule has 0 bridgehead atoms. The lowest BCUT2D eigenvalue weighted by Crippen LogP contribution is -2.88. The molecule has 0 aliphatic heterocycles. The molecule has 1 amide bonds. The van der Waals surface area contributed by atoms with Crippen molar-refractivity contribution in [2.24, 2.45) is 5.92 Å². The highest BCUT2D eigenvalue weighted by atomic mass is 32.1. The molecule has 148 valence electrons. The van der Waals surface area contributed by atoms with Crippen LogP contribution in [0.15, 0.2) is 41.8 Å². The molecule has 0 radical (unpaired) electrons. The van der Waals surface area contributed by atoms with Crippen LogP contribution in [0.25, 0.3) is 0 Å². The zero-order valence-corrected chi connectivity index (χ0v) is 17.6. The van der Waals surface area contributed by atoms with Crippen molar-refractivity contribution in [3.05, 3.63) is 57.8 Å². The predicted molar refractivity (Wildman–Crippen MR) is 113 cm³/mol. The summed E-state index contributed by atoms with van der Waals surface area (Å²) in [6.07, 6.45) is 4.63. The maximum atomic E-state index is 12.6. The van der Waals surface area contributed by atoms with Gasteiger partial charge in [0.15, 0.2) is 6.54 Å². The molecule has 3 N–H and O–H groups in total. The van der Waals surface area contributed by atoms with Crippen LogP contribution in [0, 0.1) is 17.2 Å². The van der Waals surface area contributed by atoms with E-state index in [0.29, 0.717) is 12.5 Å². The molecule has 2 aromatic rings. The first-order chi connectivity index (χ1) is 13.5. The fourth-order valence-electron chi connectivity index (χ4n) is 4.00. The number of quaternary nitrogens is 1. The van der Waals surface area contributed by atoms with Crippen LogP contribution in [-0.4, -0.2) is 18.0 Å². The van der Waals surface area contributed by atoms with Gasteiger partial charge in [0.25, 0.3) is 5.91 Å². The Morgan fingerprint density at radius 1 is 1.25 bits per heavy atom. The number of carbonyl (C=O) groups is 1. The molecule has 1 aromatic carbocycles. The van der Waals surface area contributed by atoms with E-state index in [2.05, 4.69) is 72.3 Å². The number of hydrogen-bond donors (Lipinski definition) is 2. The van der Waals surface area contributed by atoms with E-state index in [4.69, 9.17) is 0 Å². The predicted octanol–water partition coefficient (Wildman–Crippen LogP) is 3.55. The fourth-order valence-corrected chi connectivity index (χ4v) is 4.85. The van der Waals surface area contributed by atoms with Crippen LogP contribution in [0.5, 0.6) is 0 Å². The number of benzene rings is 1. The number of amides is 1. The summed E-state index contributed by atoms with van der Waals surface area (Å²) >= 11 is 1.71. The van der Waals surface area contributed by atoms with Gasteiger partial charge in [-0.15, -0.1) is 11.3 Å².